The summed E-state index contributed by atoms with van der Waals surface area (Å²) in [5.74, 6) is -4.19. The molecule has 4 saturated heterocycles. The average Bonchev–Trinajstić information content (AvgIpc) is 3.23. The van der Waals surface area contributed by atoms with E-state index in [0.717, 1.165) is 0 Å². The van der Waals surface area contributed by atoms with Crippen molar-refractivity contribution in [3.8, 4) is 0 Å². The van der Waals surface area contributed by atoms with Gasteiger partial charge in [0.15, 0.2) is 18.9 Å². The van der Waals surface area contributed by atoms with Crippen molar-refractivity contribution in [2.24, 2.45) is 40.6 Å². The number of aliphatic hydroxyl groups is 7. The van der Waals surface area contributed by atoms with Crippen molar-refractivity contribution in [3.05, 3.63) is 10.4 Å². The molecule has 8 unspecified atom stereocenters. The highest BCUT2D eigenvalue weighted by molar-refractivity contribution is 4.99. The Hall–Kier alpha value is -1.45. The zero-order valence-corrected chi connectivity index (χ0v) is 34.7. The predicted molar refractivity (Wildman–Crippen MR) is 200 cm³/mol. The van der Waals surface area contributed by atoms with Crippen LogP contribution in [-0.2, 0) is 56.8 Å². The number of nitrogens with zero attached hydrogens (tertiary/aromatic N) is 3. The maximum absolute atomic E-state index is 10.9. The number of aliphatic hydroxyl groups excluding tert-OH is 7. The summed E-state index contributed by atoms with van der Waals surface area (Å²) in [6.45, 7) is -1.08. The number of azide groups is 1. The van der Waals surface area contributed by atoms with Gasteiger partial charge < -0.3 is 92.6 Å². The van der Waals surface area contributed by atoms with E-state index < -0.39 is 148 Å². The van der Waals surface area contributed by atoms with Gasteiger partial charge in [-0.25, -0.2) is 0 Å². The third-order valence-corrected chi connectivity index (χ3v) is 12.3. The lowest BCUT2D eigenvalue weighted by molar-refractivity contribution is -0.383. The van der Waals surface area contributed by atoms with Gasteiger partial charge in [-0.1, -0.05) is 5.11 Å². The molecule has 7 N–H and O–H groups in total. The fourth-order valence-corrected chi connectivity index (χ4v) is 9.24. The van der Waals surface area contributed by atoms with E-state index in [1.165, 1.54) is 35.5 Å². The summed E-state index contributed by atoms with van der Waals surface area (Å²) >= 11 is 0. The topological polar surface area (TPSA) is 301 Å². The second kappa shape index (κ2) is 25.0. The fraction of sp³-hybridized carbons (Fsp3) is 1.00. The van der Waals surface area contributed by atoms with E-state index in [9.17, 15) is 35.7 Å². The molecule has 4 aliphatic heterocycles. The minimum atomic E-state index is -1.30. The summed E-state index contributed by atoms with van der Waals surface area (Å²) in [5, 5.41) is 76.5. The van der Waals surface area contributed by atoms with Gasteiger partial charge in [-0.05, 0) is 18.9 Å². The molecular formula is C37H67N3O19. The average molecular weight is 858 g/mol. The molecule has 4 fully saturated rings. The molecule has 4 aliphatic rings. The van der Waals surface area contributed by atoms with Gasteiger partial charge in [-0.2, -0.15) is 0 Å². The summed E-state index contributed by atoms with van der Waals surface area (Å²) in [5.41, 5.74) is 9.05. The Morgan fingerprint density at radius 2 is 0.898 bits per heavy atom. The summed E-state index contributed by atoms with van der Waals surface area (Å²) in [7, 11) is 7.14. The molecule has 22 nitrogen and oxygen atoms in total. The first-order valence-electron chi connectivity index (χ1n) is 20.0. The molecule has 59 heavy (non-hydrogen) atoms. The highest BCUT2D eigenvalue weighted by Gasteiger charge is 2.56. The van der Waals surface area contributed by atoms with Crippen molar-refractivity contribution in [1.29, 1.82) is 0 Å². The fourth-order valence-electron chi connectivity index (χ4n) is 9.24. The third-order valence-electron chi connectivity index (χ3n) is 12.3. The van der Waals surface area contributed by atoms with Gasteiger partial charge in [0, 0.05) is 109 Å². The molecule has 20 atom stereocenters. The number of hydrogen-bond donors (Lipinski definition) is 7. The Morgan fingerprint density at radius 1 is 0.492 bits per heavy atom. The quantitative estimate of drug-likeness (QED) is 0.0325. The highest BCUT2D eigenvalue weighted by atomic mass is 16.8. The van der Waals surface area contributed by atoms with Crippen LogP contribution in [-0.4, -0.2) is 223 Å². The van der Waals surface area contributed by atoms with Crippen molar-refractivity contribution in [1.82, 2.24) is 0 Å². The minimum absolute atomic E-state index is 0.00147. The molecule has 0 aliphatic carbocycles. The van der Waals surface area contributed by atoms with Crippen LogP contribution in [0.3, 0.4) is 0 Å². The van der Waals surface area contributed by atoms with Crippen LogP contribution < -0.4 is 0 Å². The summed E-state index contributed by atoms with van der Waals surface area (Å²) in [6.07, 6.45) is -13.3. The van der Waals surface area contributed by atoms with Gasteiger partial charge in [0.05, 0.1) is 81.8 Å². The highest BCUT2D eigenvalue weighted by Crippen LogP contribution is 2.42. The van der Waals surface area contributed by atoms with E-state index >= 15 is 0 Å². The molecule has 0 saturated carbocycles. The molecule has 22 heteroatoms. The number of methoxy groups -OCH3 is 5. The lowest BCUT2D eigenvalue weighted by Crippen LogP contribution is -2.66. The molecule has 4 rings (SSSR count). The zero-order chi connectivity index (χ0) is 43.2. The molecule has 344 valence electrons. The van der Waals surface area contributed by atoms with Gasteiger partial charge in [0.1, 0.15) is 18.3 Å². The first-order chi connectivity index (χ1) is 28.6. The van der Waals surface area contributed by atoms with Gasteiger partial charge in [-0.15, -0.1) is 0 Å². The summed E-state index contributed by atoms with van der Waals surface area (Å²) in [6, 6.07) is 0. The Balaban J connectivity index is 1.71. The van der Waals surface area contributed by atoms with Crippen LogP contribution in [0.4, 0.5) is 0 Å². The van der Waals surface area contributed by atoms with E-state index in [1.54, 1.807) is 6.92 Å². The van der Waals surface area contributed by atoms with Crippen LogP contribution in [0.2, 0.25) is 0 Å². The van der Waals surface area contributed by atoms with Crippen LogP contribution in [0.25, 0.3) is 10.4 Å². The Kier molecular flexibility index (Phi) is 21.3. The lowest BCUT2D eigenvalue weighted by Gasteiger charge is -2.52. The third kappa shape index (κ3) is 11.4. The van der Waals surface area contributed by atoms with Crippen molar-refractivity contribution in [3.63, 3.8) is 0 Å². The van der Waals surface area contributed by atoms with Crippen molar-refractivity contribution < 1.29 is 92.6 Å². The van der Waals surface area contributed by atoms with Crippen LogP contribution >= 0.6 is 0 Å². The maximum atomic E-state index is 10.9. The molecule has 0 bridgehead atoms. The van der Waals surface area contributed by atoms with Crippen LogP contribution in [0.15, 0.2) is 5.11 Å². The van der Waals surface area contributed by atoms with E-state index in [-0.39, 0.29) is 46.0 Å². The standard InChI is InChI=1S/C37H67N3O19/c1-18-29(21(12-44)19(10-42)25(53-18)7-8-41)57-36-33(51-5)31(24(15-47)27(55-36)16-48-2)59-37-34(52-6)30(23(14-46)28(56-37)17-49-3)58-35-32(50-4)22(13-45)20(11-43)26(54-35)9-39-40-38/h18-37,41-47H,7-17H2,1-6H3/t18-,19+,20+,21+,22+,23-,24-,25?,26?,27?,28?,29?,30+,31+,32?,33?,34?,35-,36-,37-/m1/s1. The zero-order valence-electron chi connectivity index (χ0n) is 34.7. The van der Waals surface area contributed by atoms with Gasteiger partial charge in [0.2, 0.25) is 0 Å². The molecule has 0 spiro atoms. The smallest absolute Gasteiger partial charge is 0.187 e. The van der Waals surface area contributed by atoms with Crippen molar-refractivity contribution in [2.75, 3.05) is 102 Å². The lowest BCUT2D eigenvalue weighted by atomic mass is 9.79. The number of ether oxygens (including phenoxy) is 12. The molecular weight excluding hydrogens is 790 g/mol. The van der Waals surface area contributed by atoms with Gasteiger partial charge in [0.25, 0.3) is 0 Å². The van der Waals surface area contributed by atoms with E-state index in [2.05, 4.69) is 10.0 Å². The van der Waals surface area contributed by atoms with Crippen LogP contribution in [0.1, 0.15) is 13.3 Å². The van der Waals surface area contributed by atoms with Crippen LogP contribution in [0, 0.1) is 35.5 Å². The van der Waals surface area contributed by atoms with E-state index in [4.69, 9.17) is 62.4 Å². The number of hydrogen-bond acceptors (Lipinski definition) is 20. The van der Waals surface area contributed by atoms with Crippen molar-refractivity contribution in [2.45, 2.75) is 99.4 Å². The largest absolute Gasteiger partial charge is 0.396 e. The second-order valence-electron chi connectivity index (χ2n) is 15.3. The molecule has 4 heterocycles. The van der Waals surface area contributed by atoms with E-state index in [1.807, 2.05) is 0 Å². The monoisotopic (exact) mass is 857 g/mol. The first-order valence-corrected chi connectivity index (χ1v) is 20.0. The van der Waals surface area contributed by atoms with Gasteiger partial charge in [-0.3, -0.25) is 0 Å². The van der Waals surface area contributed by atoms with Gasteiger partial charge >= 0.3 is 0 Å². The molecule has 0 aromatic rings. The summed E-state index contributed by atoms with van der Waals surface area (Å²) < 4.78 is 74.1. The van der Waals surface area contributed by atoms with Crippen molar-refractivity contribution >= 4 is 0 Å². The predicted octanol–water partition coefficient (Wildman–Crippen LogP) is -2.21. The molecule has 0 amide bonds. The molecule has 0 aromatic carbocycles. The molecule has 0 radical (unpaired) electrons. The van der Waals surface area contributed by atoms with E-state index in [0.29, 0.717) is 0 Å². The normalized spacial score (nSPS) is 43.0. The summed E-state index contributed by atoms with van der Waals surface area (Å²) in [4.78, 5) is 2.82. The minimum Gasteiger partial charge on any atom is -0.396 e. The Bertz CT molecular complexity index is 1240. The maximum Gasteiger partial charge on any atom is 0.187 e. The Morgan fingerprint density at radius 3 is 1.31 bits per heavy atom. The SMILES string of the molecule is COCC1O[C@H](O[C@@H]2C(OC)[C@@H](OC3[C@@H](CO)[C@H](CO)C(CCO)O[C@@H]3C)OC(COC)[C@H]2CO)C(OC)[C@@H](O[C@H]2OC(CN=[N+]=[N-])[C@@H](CO)[C@H](CO)C2OC)[C@@H]1CO. The Labute approximate surface area is 344 Å². The second-order valence-corrected chi connectivity index (χ2v) is 15.3. The molecule has 0 aromatic heterocycles. The first kappa shape index (κ1) is 50.2. The number of rotatable bonds is 23. The van der Waals surface area contributed by atoms with Crippen LogP contribution in [0.5, 0.6) is 0 Å².